The fraction of sp³-hybridized carbons (Fsp3) is 0.600. The number of carbonyl (C=O) groups is 4. The zero-order valence-corrected chi connectivity index (χ0v) is 23.6. The van der Waals surface area contributed by atoms with Gasteiger partial charge in [0.1, 0.15) is 17.7 Å². The summed E-state index contributed by atoms with van der Waals surface area (Å²) in [7, 11) is 0. The Balaban J connectivity index is 1.40. The number of Topliss-reactive ketones (excluding diaryl/α,β-unsaturated/α-hetero) is 1. The molecule has 2 fully saturated rings. The van der Waals surface area contributed by atoms with Crippen molar-refractivity contribution in [2.24, 2.45) is 0 Å². The van der Waals surface area contributed by atoms with Gasteiger partial charge in [-0.05, 0) is 57.9 Å². The molecular formula is C30H42N4O6. The second-order valence-corrected chi connectivity index (χ2v) is 11.2. The van der Waals surface area contributed by atoms with Crippen molar-refractivity contribution in [3.05, 3.63) is 47.5 Å². The molecule has 40 heavy (non-hydrogen) atoms. The van der Waals surface area contributed by atoms with Crippen LogP contribution >= 0.6 is 0 Å². The molecule has 0 bridgehead atoms. The second kappa shape index (κ2) is 14.0. The Morgan fingerprint density at radius 2 is 1.70 bits per heavy atom. The molecule has 3 unspecified atom stereocenters. The molecule has 2 heterocycles. The van der Waals surface area contributed by atoms with E-state index in [1.165, 1.54) is 0 Å². The first kappa shape index (κ1) is 29.9. The highest BCUT2D eigenvalue weighted by Crippen LogP contribution is 2.31. The van der Waals surface area contributed by atoms with Crippen LogP contribution in [0.25, 0.3) is 0 Å². The van der Waals surface area contributed by atoms with Crippen LogP contribution in [0, 0.1) is 0 Å². The smallest absolute Gasteiger partial charge is 0.243 e. The number of ketones is 1. The maximum Gasteiger partial charge on any atom is 0.243 e. The summed E-state index contributed by atoms with van der Waals surface area (Å²) < 4.78 is 10.7. The van der Waals surface area contributed by atoms with Crippen molar-refractivity contribution in [2.45, 2.75) is 76.1 Å². The van der Waals surface area contributed by atoms with E-state index in [1.54, 1.807) is 13.8 Å². The van der Waals surface area contributed by atoms with Gasteiger partial charge in [-0.3, -0.25) is 24.1 Å². The summed E-state index contributed by atoms with van der Waals surface area (Å²) in [4.78, 5) is 54.5. The third kappa shape index (κ3) is 8.71. The summed E-state index contributed by atoms with van der Waals surface area (Å²) in [6, 6.07) is 7.26. The third-order valence-electron chi connectivity index (χ3n) is 7.77. The number of carbonyl (C=O) groups excluding carboxylic acids is 4. The van der Waals surface area contributed by atoms with E-state index in [0.717, 1.165) is 30.4 Å². The number of rotatable bonds is 14. The van der Waals surface area contributed by atoms with Crippen molar-refractivity contribution in [2.75, 3.05) is 39.5 Å². The van der Waals surface area contributed by atoms with E-state index < -0.39 is 35.5 Å². The van der Waals surface area contributed by atoms with Crippen molar-refractivity contribution in [1.82, 2.24) is 20.9 Å². The van der Waals surface area contributed by atoms with E-state index in [1.807, 2.05) is 35.2 Å². The van der Waals surface area contributed by atoms with Gasteiger partial charge < -0.3 is 25.4 Å². The minimum absolute atomic E-state index is 0.148. The van der Waals surface area contributed by atoms with Crippen LogP contribution in [0.2, 0.25) is 0 Å². The first-order chi connectivity index (χ1) is 19.2. The lowest BCUT2D eigenvalue weighted by Crippen LogP contribution is -2.56. The maximum atomic E-state index is 13.6. The summed E-state index contributed by atoms with van der Waals surface area (Å²) in [6.45, 7) is 6.34. The number of benzene rings is 1. The molecule has 1 aliphatic carbocycles. The third-order valence-corrected chi connectivity index (χ3v) is 7.77. The van der Waals surface area contributed by atoms with Crippen molar-refractivity contribution < 1.29 is 28.7 Å². The molecule has 3 amide bonds. The monoisotopic (exact) mass is 554 g/mol. The summed E-state index contributed by atoms with van der Waals surface area (Å²) >= 11 is 0. The normalized spacial score (nSPS) is 22.9. The van der Waals surface area contributed by atoms with Crippen LogP contribution in [0.5, 0.6) is 0 Å². The van der Waals surface area contributed by atoms with E-state index >= 15 is 0 Å². The Bertz CT molecular complexity index is 1080. The van der Waals surface area contributed by atoms with Gasteiger partial charge >= 0.3 is 0 Å². The Kier molecular flexibility index (Phi) is 10.5. The molecule has 4 atom stereocenters. The maximum absolute atomic E-state index is 13.6. The number of morpholine rings is 1. The zero-order chi connectivity index (χ0) is 28.5. The van der Waals surface area contributed by atoms with Gasteiger partial charge in [-0.25, -0.2) is 0 Å². The first-order valence-electron chi connectivity index (χ1n) is 14.3. The van der Waals surface area contributed by atoms with E-state index in [4.69, 9.17) is 9.47 Å². The largest absolute Gasteiger partial charge is 0.379 e. The molecule has 1 aromatic rings. The molecule has 10 nitrogen and oxygen atoms in total. The Labute approximate surface area is 236 Å². The van der Waals surface area contributed by atoms with Crippen molar-refractivity contribution >= 4 is 23.5 Å². The number of allylic oxidation sites excluding steroid dienone is 1. The molecular weight excluding hydrogens is 512 g/mol. The summed E-state index contributed by atoms with van der Waals surface area (Å²) in [5.41, 5.74) is 1.31. The SMILES string of the molecule is CC(NC(=O)CN1CCOCC1)C(=O)NC(CCc1ccccc1)C(=O)NC(CC1=CCCC1)C(=O)[C@@]1(C)CO1. The molecule has 3 aliphatic rings. The van der Waals surface area contributed by atoms with Crippen LogP contribution in [-0.2, 0) is 35.1 Å². The number of hydrogen-bond acceptors (Lipinski definition) is 7. The molecule has 0 spiro atoms. The number of nitrogens with zero attached hydrogens (tertiary/aromatic N) is 1. The number of epoxide rings is 1. The number of amides is 3. The van der Waals surface area contributed by atoms with E-state index in [-0.39, 0.29) is 18.2 Å². The molecule has 3 N–H and O–H groups in total. The van der Waals surface area contributed by atoms with E-state index in [9.17, 15) is 19.2 Å². The Morgan fingerprint density at radius 3 is 2.35 bits per heavy atom. The highest BCUT2D eigenvalue weighted by molar-refractivity contribution is 5.98. The van der Waals surface area contributed by atoms with Gasteiger partial charge in [0, 0.05) is 13.1 Å². The number of nitrogens with one attached hydrogen (secondary N) is 3. The zero-order valence-electron chi connectivity index (χ0n) is 23.6. The molecule has 0 saturated carbocycles. The average molecular weight is 555 g/mol. The number of ether oxygens (including phenoxy) is 2. The van der Waals surface area contributed by atoms with Crippen LogP contribution in [0.1, 0.15) is 51.5 Å². The molecule has 10 heteroatoms. The molecule has 4 rings (SSSR count). The molecule has 1 aromatic carbocycles. The molecule has 2 aliphatic heterocycles. The van der Waals surface area contributed by atoms with Crippen LogP contribution < -0.4 is 16.0 Å². The van der Waals surface area contributed by atoms with Gasteiger partial charge in [-0.1, -0.05) is 42.0 Å². The lowest BCUT2D eigenvalue weighted by atomic mass is 9.94. The van der Waals surface area contributed by atoms with E-state index in [0.29, 0.717) is 52.2 Å². The van der Waals surface area contributed by atoms with Crippen LogP contribution in [0.4, 0.5) is 0 Å². The van der Waals surface area contributed by atoms with Gasteiger partial charge in [0.2, 0.25) is 17.7 Å². The van der Waals surface area contributed by atoms with Gasteiger partial charge in [0.25, 0.3) is 0 Å². The highest BCUT2D eigenvalue weighted by Gasteiger charge is 2.50. The molecule has 0 aromatic heterocycles. The van der Waals surface area contributed by atoms with Gasteiger partial charge in [0.15, 0.2) is 5.78 Å². The Morgan fingerprint density at radius 1 is 1.00 bits per heavy atom. The minimum Gasteiger partial charge on any atom is -0.379 e. The fourth-order valence-corrected chi connectivity index (χ4v) is 5.12. The van der Waals surface area contributed by atoms with Crippen LogP contribution in [-0.4, -0.2) is 91.6 Å². The van der Waals surface area contributed by atoms with Crippen molar-refractivity contribution in [3.63, 3.8) is 0 Å². The lowest BCUT2D eigenvalue weighted by Gasteiger charge is -2.27. The molecule has 0 radical (unpaired) electrons. The lowest BCUT2D eigenvalue weighted by molar-refractivity contribution is -0.134. The quantitative estimate of drug-likeness (QED) is 0.233. The predicted molar refractivity (Wildman–Crippen MR) is 149 cm³/mol. The van der Waals surface area contributed by atoms with Gasteiger partial charge in [0.05, 0.1) is 32.4 Å². The highest BCUT2D eigenvalue weighted by atomic mass is 16.6. The first-order valence-corrected chi connectivity index (χ1v) is 14.3. The summed E-state index contributed by atoms with van der Waals surface area (Å²) in [5, 5.41) is 8.50. The second-order valence-electron chi connectivity index (χ2n) is 11.2. The summed E-state index contributed by atoms with van der Waals surface area (Å²) in [6.07, 6.45) is 6.41. The van der Waals surface area contributed by atoms with Crippen LogP contribution in [0.3, 0.4) is 0 Å². The minimum atomic E-state index is -0.882. The summed E-state index contributed by atoms with van der Waals surface area (Å²) in [5.74, 6) is -1.28. The average Bonchev–Trinajstić information content (AvgIpc) is 3.49. The predicted octanol–water partition coefficient (Wildman–Crippen LogP) is 1.28. The van der Waals surface area contributed by atoms with Crippen molar-refractivity contribution in [3.8, 4) is 0 Å². The fourth-order valence-electron chi connectivity index (χ4n) is 5.12. The van der Waals surface area contributed by atoms with Crippen molar-refractivity contribution in [1.29, 1.82) is 0 Å². The van der Waals surface area contributed by atoms with E-state index in [2.05, 4.69) is 22.0 Å². The van der Waals surface area contributed by atoms with Crippen LogP contribution in [0.15, 0.2) is 42.0 Å². The van der Waals surface area contributed by atoms with Gasteiger partial charge in [-0.2, -0.15) is 0 Å². The standard InChI is InChI=1S/C30H42N4O6/c1-21(31-26(35)19-34-14-16-39-17-15-34)28(37)32-24(13-12-22-8-4-3-5-9-22)29(38)33-25(18-23-10-6-7-11-23)27(36)30(2)20-40-30/h3-5,8-10,21,24-25H,6-7,11-20H2,1-2H3,(H,31,35)(H,32,37)(H,33,38)/t21?,24?,25?,30-/m1/s1. The number of aryl methyl sites for hydroxylation is 1. The van der Waals surface area contributed by atoms with Gasteiger partial charge in [-0.15, -0.1) is 0 Å². The number of hydrogen-bond donors (Lipinski definition) is 3. The molecule has 218 valence electrons. The molecule has 2 saturated heterocycles. The Hall–Kier alpha value is -3.08. The topological polar surface area (TPSA) is 129 Å².